The summed E-state index contributed by atoms with van der Waals surface area (Å²) in [4.78, 5) is 14.6. The second-order valence-electron chi connectivity index (χ2n) is 8.50. The number of hydrogen-bond acceptors (Lipinski definition) is 3. The summed E-state index contributed by atoms with van der Waals surface area (Å²) >= 11 is 0. The van der Waals surface area contributed by atoms with Crippen LogP contribution in [0.3, 0.4) is 0 Å². The van der Waals surface area contributed by atoms with E-state index < -0.39 is 0 Å². The van der Waals surface area contributed by atoms with Gasteiger partial charge in [-0.25, -0.2) is 4.79 Å². The van der Waals surface area contributed by atoms with Crippen LogP contribution in [0.4, 0.5) is 0 Å². The van der Waals surface area contributed by atoms with Gasteiger partial charge >= 0.3 is 5.97 Å². The summed E-state index contributed by atoms with van der Waals surface area (Å²) in [5, 5.41) is 0. The average Bonchev–Trinajstić information content (AvgIpc) is 2.36. The molecule has 2 aliphatic rings. The highest BCUT2D eigenvalue weighted by Crippen LogP contribution is 2.43. The third kappa shape index (κ3) is 3.73. The first-order valence-corrected chi connectivity index (χ1v) is 8.79. The van der Waals surface area contributed by atoms with E-state index in [4.69, 9.17) is 4.74 Å². The Bertz CT molecular complexity index is 415. The van der Waals surface area contributed by atoms with Crippen LogP contribution >= 0.6 is 0 Å². The zero-order valence-electron chi connectivity index (χ0n) is 15.1. The molecular formula is C19H33NO2. The van der Waals surface area contributed by atoms with Crippen molar-refractivity contribution in [2.45, 2.75) is 103 Å². The Balaban J connectivity index is 2.14. The van der Waals surface area contributed by atoms with Gasteiger partial charge in [-0.15, -0.1) is 0 Å². The summed E-state index contributed by atoms with van der Waals surface area (Å²) in [5.41, 5.74) is 0.610. The molecule has 0 radical (unpaired) electrons. The number of ether oxygens (including phenoxy) is 1. The second-order valence-corrected chi connectivity index (χ2v) is 8.50. The van der Waals surface area contributed by atoms with E-state index in [2.05, 4.69) is 39.2 Å². The van der Waals surface area contributed by atoms with Gasteiger partial charge < -0.3 is 4.74 Å². The number of piperidine rings is 1. The molecule has 0 aromatic carbocycles. The van der Waals surface area contributed by atoms with E-state index in [9.17, 15) is 4.79 Å². The molecule has 0 unspecified atom stereocenters. The van der Waals surface area contributed by atoms with Crippen LogP contribution in [0.5, 0.6) is 0 Å². The standard InChI is InChI=1S/C19H33NO2/c1-14(2)17(21)22-16-12-18(3,4)20(19(5,6)13-16)15-10-8-7-9-11-15/h15-16H,1,7-13H2,2-6H3. The zero-order valence-corrected chi connectivity index (χ0v) is 15.1. The van der Waals surface area contributed by atoms with Crippen LogP contribution in [-0.4, -0.2) is 34.1 Å². The molecule has 1 aliphatic carbocycles. The van der Waals surface area contributed by atoms with Crippen molar-refractivity contribution in [1.82, 2.24) is 4.90 Å². The molecule has 1 heterocycles. The fraction of sp³-hybridized carbons (Fsp3) is 0.842. The smallest absolute Gasteiger partial charge is 0.333 e. The van der Waals surface area contributed by atoms with Crippen molar-refractivity contribution in [3.63, 3.8) is 0 Å². The van der Waals surface area contributed by atoms with E-state index in [0.29, 0.717) is 11.6 Å². The molecule has 0 aromatic rings. The highest BCUT2D eigenvalue weighted by molar-refractivity contribution is 5.87. The fourth-order valence-corrected chi connectivity index (χ4v) is 4.87. The van der Waals surface area contributed by atoms with Crippen LogP contribution in [0.15, 0.2) is 12.2 Å². The summed E-state index contributed by atoms with van der Waals surface area (Å²) in [6.07, 6.45) is 8.51. The SMILES string of the molecule is C=C(C)C(=O)OC1CC(C)(C)N(C2CCCCC2)C(C)(C)C1. The molecule has 0 spiro atoms. The van der Waals surface area contributed by atoms with Gasteiger partial charge in [0.25, 0.3) is 0 Å². The molecule has 126 valence electrons. The number of carbonyl (C=O) groups excluding carboxylic acids is 1. The van der Waals surface area contributed by atoms with Crippen molar-refractivity contribution in [3.8, 4) is 0 Å². The first kappa shape index (κ1) is 17.5. The predicted octanol–water partition coefficient (Wildman–Crippen LogP) is 4.46. The van der Waals surface area contributed by atoms with E-state index in [1.54, 1.807) is 6.92 Å². The van der Waals surface area contributed by atoms with Gasteiger partial charge in [-0.3, -0.25) is 4.90 Å². The van der Waals surface area contributed by atoms with Crippen LogP contribution in [0.2, 0.25) is 0 Å². The largest absolute Gasteiger partial charge is 0.459 e. The number of hydrogen-bond donors (Lipinski definition) is 0. The quantitative estimate of drug-likeness (QED) is 0.569. The second kappa shape index (κ2) is 6.35. The van der Waals surface area contributed by atoms with Gasteiger partial charge in [0.1, 0.15) is 6.10 Å². The molecule has 1 saturated carbocycles. The molecule has 0 atom stereocenters. The van der Waals surface area contributed by atoms with Crippen LogP contribution in [-0.2, 0) is 9.53 Å². The number of likely N-dealkylation sites (tertiary alicyclic amines) is 1. The van der Waals surface area contributed by atoms with Gasteiger partial charge in [-0.2, -0.15) is 0 Å². The monoisotopic (exact) mass is 307 g/mol. The van der Waals surface area contributed by atoms with Crippen molar-refractivity contribution >= 4 is 5.97 Å². The van der Waals surface area contributed by atoms with Crippen molar-refractivity contribution < 1.29 is 9.53 Å². The Morgan fingerprint density at radius 1 is 1.05 bits per heavy atom. The third-order valence-corrected chi connectivity index (χ3v) is 5.32. The lowest BCUT2D eigenvalue weighted by molar-refractivity contribution is -0.160. The average molecular weight is 307 g/mol. The minimum absolute atomic E-state index is 0.00552. The molecule has 2 rings (SSSR count). The van der Waals surface area contributed by atoms with E-state index in [-0.39, 0.29) is 23.2 Å². The predicted molar refractivity (Wildman–Crippen MR) is 90.8 cm³/mol. The van der Waals surface area contributed by atoms with E-state index in [0.717, 1.165) is 12.8 Å². The van der Waals surface area contributed by atoms with E-state index >= 15 is 0 Å². The lowest BCUT2D eigenvalue weighted by Gasteiger charge is -2.58. The van der Waals surface area contributed by atoms with Crippen molar-refractivity contribution in [1.29, 1.82) is 0 Å². The molecule has 3 heteroatoms. The molecule has 22 heavy (non-hydrogen) atoms. The molecule has 0 bridgehead atoms. The molecule has 1 aliphatic heterocycles. The van der Waals surface area contributed by atoms with Gasteiger partial charge in [0.15, 0.2) is 0 Å². The Kier molecular flexibility index (Phi) is 5.06. The first-order valence-electron chi connectivity index (χ1n) is 8.79. The molecule has 0 amide bonds. The summed E-state index contributed by atoms with van der Waals surface area (Å²) in [6.45, 7) is 14.7. The minimum atomic E-state index is -0.247. The molecular weight excluding hydrogens is 274 g/mol. The van der Waals surface area contributed by atoms with Crippen LogP contribution < -0.4 is 0 Å². The normalized spacial score (nSPS) is 26.6. The first-order chi connectivity index (χ1) is 10.1. The lowest BCUT2D eigenvalue weighted by Crippen LogP contribution is -2.65. The number of rotatable bonds is 3. The van der Waals surface area contributed by atoms with Crippen molar-refractivity contribution in [2.75, 3.05) is 0 Å². The summed E-state index contributed by atoms with van der Waals surface area (Å²) in [7, 11) is 0. The minimum Gasteiger partial charge on any atom is -0.459 e. The Morgan fingerprint density at radius 2 is 1.55 bits per heavy atom. The van der Waals surface area contributed by atoms with Gasteiger partial charge in [-0.05, 0) is 47.5 Å². The van der Waals surface area contributed by atoms with Gasteiger partial charge in [0.05, 0.1) is 0 Å². The maximum absolute atomic E-state index is 11.9. The van der Waals surface area contributed by atoms with Crippen molar-refractivity contribution in [2.24, 2.45) is 0 Å². The molecule has 0 N–H and O–H groups in total. The summed E-state index contributed by atoms with van der Waals surface area (Å²) < 4.78 is 5.69. The van der Waals surface area contributed by atoms with Crippen LogP contribution in [0.1, 0.15) is 79.6 Å². The third-order valence-electron chi connectivity index (χ3n) is 5.32. The summed E-state index contributed by atoms with van der Waals surface area (Å²) in [6, 6.07) is 0.677. The lowest BCUT2D eigenvalue weighted by atomic mass is 9.75. The number of carbonyl (C=O) groups is 1. The van der Waals surface area contributed by atoms with Gasteiger partial charge in [0.2, 0.25) is 0 Å². The maximum atomic E-state index is 11.9. The van der Waals surface area contributed by atoms with E-state index in [1.807, 2.05) is 0 Å². The van der Waals surface area contributed by atoms with E-state index in [1.165, 1.54) is 32.1 Å². The molecule has 3 nitrogen and oxygen atoms in total. The Morgan fingerprint density at radius 3 is 2.00 bits per heavy atom. The number of nitrogens with zero attached hydrogens (tertiary/aromatic N) is 1. The highest BCUT2D eigenvalue weighted by Gasteiger charge is 2.49. The molecule has 1 saturated heterocycles. The highest BCUT2D eigenvalue weighted by atomic mass is 16.5. The molecule has 0 aromatic heterocycles. The fourth-order valence-electron chi connectivity index (χ4n) is 4.87. The molecule has 2 fully saturated rings. The summed E-state index contributed by atoms with van der Waals surface area (Å²) in [5.74, 6) is -0.247. The van der Waals surface area contributed by atoms with Crippen LogP contribution in [0.25, 0.3) is 0 Å². The Hall–Kier alpha value is -0.830. The Labute approximate surface area is 136 Å². The van der Waals surface area contributed by atoms with Gasteiger partial charge in [-0.1, -0.05) is 25.8 Å². The van der Waals surface area contributed by atoms with Crippen LogP contribution in [0, 0.1) is 0 Å². The van der Waals surface area contributed by atoms with Gasteiger partial charge in [0, 0.05) is 35.5 Å². The van der Waals surface area contributed by atoms with Crippen molar-refractivity contribution in [3.05, 3.63) is 12.2 Å². The topological polar surface area (TPSA) is 29.5 Å². The number of esters is 1. The zero-order chi connectivity index (χ0) is 16.5. The maximum Gasteiger partial charge on any atom is 0.333 e.